The van der Waals surface area contributed by atoms with E-state index in [4.69, 9.17) is 0 Å². The van der Waals surface area contributed by atoms with E-state index in [2.05, 4.69) is 0 Å². The maximum atomic E-state index is 12.4. The molecule has 0 spiro atoms. The van der Waals surface area contributed by atoms with E-state index in [-0.39, 0.29) is 0 Å². The molecule has 0 atom stereocenters. The van der Waals surface area contributed by atoms with Gasteiger partial charge in [-0.2, -0.15) is 13.2 Å². The second-order valence-corrected chi connectivity index (χ2v) is 3.43. The maximum Gasteiger partial charge on any atom is 0.421 e. The first kappa shape index (κ1) is 11.8. The predicted molar refractivity (Wildman–Crippen MR) is 50.7 cm³/mol. The third-order valence-corrected chi connectivity index (χ3v) is 2.08. The number of pyridine rings is 1. The highest BCUT2D eigenvalue weighted by atomic mass is 19.4. The van der Waals surface area contributed by atoms with Crippen molar-refractivity contribution >= 4 is 0 Å². The Morgan fingerprint density at radius 3 is 2.47 bits per heavy atom. The minimum absolute atomic E-state index is 0.534. The van der Waals surface area contributed by atoms with Crippen LogP contribution in [0.3, 0.4) is 0 Å². The Bertz CT molecular complexity index is 406. The van der Waals surface area contributed by atoms with Gasteiger partial charge in [0.1, 0.15) is 5.56 Å². The fourth-order valence-corrected chi connectivity index (χ4v) is 1.41. The zero-order valence-electron chi connectivity index (χ0n) is 8.56. The molecule has 1 rings (SSSR count). The summed E-state index contributed by atoms with van der Waals surface area (Å²) in [6.07, 6.45) is -1.84. The van der Waals surface area contributed by atoms with Gasteiger partial charge in [0.25, 0.3) is 5.56 Å². The molecule has 0 saturated carbocycles. The molecule has 2 nitrogen and oxygen atoms in total. The van der Waals surface area contributed by atoms with Gasteiger partial charge in [-0.15, -0.1) is 0 Å². The fraction of sp³-hybridized carbons (Fsp3) is 0.500. The Labute approximate surface area is 85.3 Å². The topological polar surface area (TPSA) is 22.0 Å². The number of hydrogen-bond acceptors (Lipinski definition) is 1. The highest BCUT2D eigenvalue weighted by Crippen LogP contribution is 2.27. The van der Waals surface area contributed by atoms with Gasteiger partial charge in [0.15, 0.2) is 0 Å². The minimum Gasteiger partial charge on any atom is -0.318 e. The zero-order chi connectivity index (χ0) is 11.6. The molecule has 1 aromatic rings. The molecule has 0 aliphatic heterocycles. The van der Waals surface area contributed by atoms with Crippen LogP contribution in [0.1, 0.15) is 24.5 Å². The van der Waals surface area contributed by atoms with Crippen molar-refractivity contribution < 1.29 is 13.2 Å². The summed E-state index contributed by atoms with van der Waals surface area (Å²) in [7, 11) is 1.33. The molecule has 84 valence electrons. The van der Waals surface area contributed by atoms with Crippen molar-refractivity contribution in [3.63, 3.8) is 0 Å². The maximum absolute atomic E-state index is 12.4. The Morgan fingerprint density at radius 1 is 1.40 bits per heavy atom. The van der Waals surface area contributed by atoms with E-state index in [0.717, 1.165) is 17.1 Å². The molecule has 1 aromatic heterocycles. The summed E-state index contributed by atoms with van der Waals surface area (Å²) in [6, 6.07) is 0.936. The van der Waals surface area contributed by atoms with Crippen LogP contribution >= 0.6 is 0 Å². The van der Waals surface area contributed by atoms with E-state index in [0.29, 0.717) is 12.0 Å². The Morgan fingerprint density at radius 2 is 2.00 bits per heavy atom. The molecule has 0 unspecified atom stereocenters. The third kappa shape index (κ3) is 2.61. The standard InChI is InChI=1S/C10H12F3NO/c1-3-4-7-5-8(10(11,12)13)9(15)14(2)6-7/h5-6H,3-4H2,1-2H3. The van der Waals surface area contributed by atoms with Crippen molar-refractivity contribution in [2.24, 2.45) is 7.05 Å². The average Bonchev–Trinajstić information content (AvgIpc) is 2.09. The molecule has 0 fully saturated rings. The molecule has 0 bridgehead atoms. The summed E-state index contributed by atoms with van der Waals surface area (Å²) < 4.78 is 38.3. The molecular formula is C10H12F3NO. The molecule has 15 heavy (non-hydrogen) atoms. The normalized spacial score (nSPS) is 11.8. The molecule has 0 aromatic carbocycles. The zero-order valence-corrected chi connectivity index (χ0v) is 8.56. The van der Waals surface area contributed by atoms with Gasteiger partial charge in [-0.25, -0.2) is 0 Å². The molecule has 5 heteroatoms. The average molecular weight is 219 g/mol. The second-order valence-electron chi connectivity index (χ2n) is 3.43. The minimum atomic E-state index is -4.57. The van der Waals surface area contributed by atoms with Gasteiger partial charge in [-0.1, -0.05) is 13.3 Å². The third-order valence-electron chi connectivity index (χ3n) is 2.08. The van der Waals surface area contributed by atoms with Crippen LogP contribution in [0.15, 0.2) is 17.1 Å². The Hall–Kier alpha value is -1.26. The lowest BCUT2D eigenvalue weighted by Gasteiger charge is -2.10. The molecule has 1 heterocycles. The van der Waals surface area contributed by atoms with Crippen LogP contribution in [-0.4, -0.2) is 4.57 Å². The van der Waals surface area contributed by atoms with E-state index < -0.39 is 17.3 Å². The van der Waals surface area contributed by atoms with Gasteiger partial charge in [0, 0.05) is 13.2 Å². The smallest absolute Gasteiger partial charge is 0.318 e. The van der Waals surface area contributed by atoms with Crippen LogP contribution in [0.2, 0.25) is 0 Å². The summed E-state index contributed by atoms with van der Waals surface area (Å²) in [6.45, 7) is 1.87. The van der Waals surface area contributed by atoms with Crippen LogP contribution in [0, 0.1) is 0 Å². The van der Waals surface area contributed by atoms with Crippen molar-refractivity contribution in [2.45, 2.75) is 25.9 Å². The van der Waals surface area contributed by atoms with Crippen LogP contribution in [-0.2, 0) is 19.6 Å². The lowest BCUT2D eigenvalue weighted by molar-refractivity contribution is -0.139. The van der Waals surface area contributed by atoms with E-state index in [9.17, 15) is 18.0 Å². The molecule has 0 amide bonds. The van der Waals surface area contributed by atoms with Crippen molar-refractivity contribution in [3.8, 4) is 0 Å². The molecule has 0 N–H and O–H groups in total. The molecular weight excluding hydrogens is 207 g/mol. The summed E-state index contributed by atoms with van der Waals surface area (Å²) in [5, 5.41) is 0. The molecule has 0 radical (unpaired) electrons. The summed E-state index contributed by atoms with van der Waals surface area (Å²) in [5.41, 5.74) is -1.55. The molecule has 0 aliphatic carbocycles. The molecule has 0 aliphatic rings. The lowest BCUT2D eigenvalue weighted by atomic mass is 10.1. The van der Waals surface area contributed by atoms with Gasteiger partial charge in [0.05, 0.1) is 0 Å². The van der Waals surface area contributed by atoms with Crippen molar-refractivity contribution in [2.75, 3.05) is 0 Å². The first-order valence-corrected chi connectivity index (χ1v) is 4.63. The monoisotopic (exact) mass is 219 g/mol. The summed E-state index contributed by atoms with van der Waals surface area (Å²) >= 11 is 0. The van der Waals surface area contributed by atoms with Crippen LogP contribution in [0.4, 0.5) is 13.2 Å². The van der Waals surface area contributed by atoms with Crippen molar-refractivity contribution in [1.82, 2.24) is 4.57 Å². The van der Waals surface area contributed by atoms with E-state index >= 15 is 0 Å². The van der Waals surface area contributed by atoms with Gasteiger partial charge >= 0.3 is 6.18 Å². The van der Waals surface area contributed by atoms with Crippen molar-refractivity contribution in [3.05, 3.63) is 33.7 Å². The number of nitrogens with zero attached hydrogens (tertiary/aromatic N) is 1. The number of aryl methyl sites for hydroxylation is 2. The summed E-state index contributed by atoms with van der Waals surface area (Å²) in [4.78, 5) is 11.2. The Balaban J connectivity index is 3.32. The van der Waals surface area contributed by atoms with Crippen LogP contribution in [0.5, 0.6) is 0 Å². The number of rotatable bonds is 2. The highest BCUT2D eigenvalue weighted by Gasteiger charge is 2.34. The van der Waals surface area contributed by atoms with E-state index in [1.165, 1.54) is 13.2 Å². The largest absolute Gasteiger partial charge is 0.421 e. The van der Waals surface area contributed by atoms with Crippen LogP contribution < -0.4 is 5.56 Å². The Kier molecular flexibility index (Phi) is 3.21. The van der Waals surface area contributed by atoms with Crippen molar-refractivity contribution in [1.29, 1.82) is 0 Å². The van der Waals surface area contributed by atoms with E-state index in [1.54, 1.807) is 0 Å². The van der Waals surface area contributed by atoms with Gasteiger partial charge in [0.2, 0.25) is 0 Å². The molecule has 0 saturated heterocycles. The van der Waals surface area contributed by atoms with Gasteiger partial charge in [-0.3, -0.25) is 4.79 Å². The summed E-state index contributed by atoms with van der Waals surface area (Å²) in [5.74, 6) is 0. The quantitative estimate of drug-likeness (QED) is 0.748. The first-order chi connectivity index (χ1) is 6.86. The van der Waals surface area contributed by atoms with Gasteiger partial charge < -0.3 is 4.57 Å². The van der Waals surface area contributed by atoms with Crippen LogP contribution in [0.25, 0.3) is 0 Å². The van der Waals surface area contributed by atoms with E-state index in [1.807, 2.05) is 6.92 Å². The number of hydrogen-bond donors (Lipinski definition) is 0. The second kappa shape index (κ2) is 4.08. The fourth-order valence-electron chi connectivity index (χ4n) is 1.41. The lowest BCUT2D eigenvalue weighted by Crippen LogP contribution is -2.27. The highest BCUT2D eigenvalue weighted by molar-refractivity contribution is 5.21. The van der Waals surface area contributed by atoms with Gasteiger partial charge in [-0.05, 0) is 18.1 Å². The number of halogens is 3. The number of aromatic nitrogens is 1. The number of alkyl halides is 3. The first-order valence-electron chi connectivity index (χ1n) is 4.63. The predicted octanol–water partition coefficient (Wildman–Crippen LogP) is 2.36. The SMILES string of the molecule is CCCc1cc(C(F)(F)F)c(=O)n(C)c1.